The number of hydrogen-bond donors (Lipinski definition) is 1. The number of amides is 1. The van der Waals surface area contributed by atoms with E-state index in [1.165, 1.54) is 19.3 Å². The molecule has 1 aliphatic carbocycles. The van der Waals surface area contributed by atoms with E-state index in [0.29, 0.717) is 17.3 Å². The molecule has 0 aliphatic heterocycles. The molecule has 0 heterocycles. The van der Waals surface area contributed by atoms with Gasteiger partial charge in [0.2, 0.25) is 5.91 Å². The van der Waals surface area contributed by atoms with Crippen LogP contribution in [0.25, 0.3) is 0 Å². The van der Waals surface area contributed by atoms with Crippen LogP contribution in [-0.2, 0) is 4.79 Å². The van der Waals surface area contributed by atoms with Gasteiger partial charge in [-0.15, -0.1) is 0 Å². The monoisotopic (exact) mass is 242 g/mol. The molecule has 1 amide bonds. The van der Waals surface area contributed by atoms with Gasteiger partial charge in [0.05, 0.1) is 10.4 Å². The lowest BCUT2D eigenvalue weighted by atomic mass is 9.83. The molecule has 1 fully saturated rings. The van der Waals surface area contributed by atoms with Crippen LogP contribution in [0, 0.1) is 11.3 Å². The highest BCUT2D eigenvalue weighted by Gasteiger charge is 2.37. The first-order valence-electron chi connectivity index (χ1n) is 5.97. The molecule has 3 nitrogen and oxygen atoms in total. The van der Waals surface area contributed by atoms with Crippen molar-refractivity contribution in [2.45, 2.75) is 39.5 Å². The quantitative estimate of drug-likeness (QED) is 0.750. The van der Waals surface area contributed by atoms with Crippen LogP contribution < -0.4 is 5.73 Å². The molecule has 0 saturated heterocycles. The molecule has 16 heavy (non-hydrogen) atoms. The van der Waals surface area contributed by atoms with E-state index in [2.05, 4.69) is 0 Å². The van der Waals surface area contributed by atoms with Crippen molar-refractivity contribution in [3.8, 4) is 0 Å². The van der Waals surface area contributed by atoms with Crippen molar-refractivity contribution in [1.29, 1.82) is 0 Å². The highest BCUT2D eigenvalue weighted by atomic mass is 32.1. The van der Waals surface area contributed by atoms with Crippen molar-refractivity contribution in [1.82, 2.24) is 4.90 Å². The number of carbonyl (C=O) groups excluding carboxylic acids is 1. The third-order valence-corrected chi connectivity index (χ3v) is 4.28. The SMILES string of the molecule is CCC(C)(C(=O)N(C)CC1CCC1)C(N)=S. The van der Waals surface area contributed by atoms with Crippen molar-refractivity contribution < 1.29 is 4.79 Å². The van der Waals surface area contributed by atoms with E-state index < -0.39 is 5.41 Å². The molecule has 92 valence electrons. The van der Waals surface area contributed by atoms with Crippen molar-refractivity contribution in [2.24, 2.45) is 17.1 Å². The van der Waals surface area contributed by atoms with Crippen molar-refractivity contribution in [2.75, 3.05) is 13.6 Å². The van der Waals surface area contributed by atoms with Crippen molar-refractivity contribution >= 4 is 23.1 Å². The third-order valence-electron chi connectivity index (χ3n) is 3.83. The smallest absolute Gasteiger partial charge is 0.235 e. The minimum atomic E-state index is -0.673. The maximum atomic E-state index is 12.3. The maximum absolute atomic E-state index is 12.3. The standard InChI is InChI=1S/C12H22N2OS/c1-4-12(2,10(13)16)11(15)14(3)8-9-6-5-7-9/h9H,4-8H2,1-3H3,(H2,13,16). The largest absolute Gasteiger partial charge is 0.392 e. The first kappa shape index (κ1) is 13.4. The Morgan fingerprint density at radius 3 is 2.44 bits per heavy atom. The topological polar surface area (TPSA) is 46.3 Å². The molecule has 1 aliphatic rings. The summed E-state index contributed by atoms with van der Waals surface area (Å²) in [6.45, 7) is 4.64. The summed E-state index contributed by atoms with van der Waals surface area (Å²) in [6, 6.07) is 0. The Morgan fingerprint density at radius 1 is 1.56 bits per heavy atom. The molecular formula is C12H22N2OS. The van der Waals surface area contributed by atoms with E-state index in [4.69, 9.17) is 18.0 Å². The zero-order chi connectivity index (χ0) is 12.3. The van der Waals surface area contributed by atoms with Gasteiger partial charge in [0.25, 0.3) is 0 Å². The second kappa shape index (κ2) is 5.13. The summed E-state index contributed by atoms with van der Waals surface area (Å²) in [6.07, 6.45) is 4.45. The molecule has 0 aromatic rings. The van der Waals surface area contributed by atoms with Gasteiger partial charge in [0, 0.05) is 13.6 Å². The molecule has 0 aromatic heterocycles. The minimum Gasteiger partial charge on any atom is -0.392 e. The van der Waals surface area contributed by atoms with Crippen LogP contribution in [-0.4, -0.2) is 29.4 Å². The average Bonchev–Trinajstić information content (AvgIpc) is 2.20. The molecule has 2 N–H and O–H groups in total. The third kappa shape index (κ3) is 2.54. The molecule has 1 atom stereocenters. The van der Waals surface area contributed by atoms with E-state index in [1.807, 2.05) is 20.9 Å². The summed E-state index contributed by atoms with van der Waals surface area (Å²) in [4.78, 5) is 14.4. The van der Waals surface area contributed by atoms with Gasteiger partial charge in [0.15, 0.2) is 0 Å². The minimum absolute atomic E-state index is 0.0643. The summed E-state index contributed by atoms with van der Waals surface area (Å²) in [5, 5.41) is 0. The Labute approximate surface area is 103 Å². The highest BCUT2D eigenvalue weighted by molar-refractivity contribution is 7.80. The van der Waals surface area contributed by atoms with E-state index >= 15 is 0 Å². The molecule has 1 unspecified atom stereocenters. The summed E-state index contributed by atoms with van der Waals surface area (Å²) in [7, 11) is 1.85. The van der Waals surface area contributed by atoms with Crippen LogP contribution in [0.3, 0.4) is 0 Å². The maximum Gasteiger partial charge on any atom is 0.235 e. The van der Waals surface area contributed by atoms with Gasteiger partial charge in [-0.25, -0.2) is 0 Å². The van der Waals surface area contributed by atoms with Crippen LogP contribution in [0.4, 0.5) is 0 Å². The summed E-state index contributed by atoms with van der Waals surface area (Å²) >= 11 is 5.01. The van der Waals surface area contributed by atoms with Gasteiger partial charge in [0.1, 0.15) is 0 Å². The second-order valence-electron chi connectivity index (χ2n) is 5.03. The molecule has 0 radical (unpaired) electrons. The molecule has 1 rings (SSSR count). The van der Waals surface area contributed by atoms with Crippen LogP contribution >= 0.6 is 12.2 Å². The Morgan fingerprint density at radius 2 is 2.12 bits per heavy atom. The zero-order valence-corrected chi connectivity index (χ0v) is 11.3. The fourth-order valence-corrected chi connectivity index (χ4v) is 2.23. The van der Waals surface area contributed by atoms with Crippen LogP contribution in [0.5, 0.6) is 0 Å². The fraction of sp³-hybridized carbons (Fsp3) is 0.833. The Bertz CT molecular complexity index is 289. The summed E-state index contributed by atoms with van der Waals surface area (Å²) < 4.78 is 0. The molecule has 0 bridgehead atoms. The van der Waals surface area contributed by atoms with E-state index in [1.54, 1.807) is 4.90 Å². The Kier molecular flexibility index (Phi) is 4.30. The van der Waals surface area contributed by atoms with Crippen molar-refractivity contribution in [3.63, 3.8) is 0 Å². The zero-order valence-electron chi connectivity index (χ0n) is 10.5. The van der Waals surface area contributed by atoms with Crippen LogP contribution in [0.1, 0.15) is 39.5 Å². The van der Waals surface area contributed by atoms with E-state index in [0.717, 1.165) is 6.54 Å². The van der Waals surface area contributed by atoms with Crippen molar-refractivity contribution in [3.05, 3.63) is 0 Å². The first-order valence-corrected chi connectivity index (χ1v) is 6.38. The van der Waals surface area contributed by atoms with Crippen LogP contribution in [0.2, 0.25) is 0 Å². The second-order valence-corrected chi connectivity index (χ2v) is 5.47. The van der Waals surface area contributed by atoms with Gasteiger partial charge in [-0.05, 0) is 32.1 Å². The van der Waals surface area contributed by atoms with Gasteiger partial charge in [-0.1, -0.05) is 25.6 Å². The first-order chi connectivity index (χ1) is 7.41. The molecular weight excluding hydrogens is 220 g/mol. The Hall–Kier alpha value is -0.640. The summed E-state index contributed by atoms with van der Waals surface area (Å²) in [5.74, 6) is 0.746. The molecule has 4 heteroatoms. The average molecular weight is 242 g/mol. The number of hydrogen-bond acceptors (Lipinski definition) is 2. The number of nitrogens with zero attached hydrogens (tertiary/aromatic N) is 1. The molecule has 1 saturated carbocycles. The predicted molar refractivity (Wildman–Crippen MR) is 70.2 cm³/mol. The van der Waals surface area contributed by atoms with Gasteiger partial charge in [-0.2, -0.15) is 0 Å². The number of carbonyl (C=O) groups is 1. The predicted octanol–water partition coefficient (Wildman–Crippen LogP) is 1.95. The highest BCUT2D eigenvalue weighted by Crippen LogP contribution is 2.29. The lowest BCUT2D eigenvalue weighted by molar-refractivity contribution is -0.137. The van der Waals surface area contributed by atoms with E-state index in [-0.39, 0.29) is 5.91 Å². The normalized spacial score (nSPS) is 19.7. The summed E-state index contributed by atoms with van der Waals surface area (Å²) in [5.41, 5.74) is 5.01. The number of rotatable bonds is 5. The lowest BCUT2D eigenvalue weighted by Crippen LogP contribution is -2.48. The Balaban J connectivity index is 2.62. The molecule has 0 spiro atoms. The molecule has 0 aromatic carbocycles. The van der Waals surface area contributed by atoms with Gasteiger partial charge >= 0.3 is 0 Å². The number of thiocarbonyl (C=S) groups is 1. The number of nitrogens with two attached hydrogens (primary N) is 1. The van der Waals surface area contributed by atoms with E-state index in [9.17, 15) is 4.79 Å². The fourth-order valence-electron chi connectivity index (χ4n) is 2.00. The van der Waals surface area contributed by atoms with Gasteiger partial charge in [-0.3, -0.25) is 4.79 Å². The van der Waals surface area contributed by atoms with Gasteiger partial charge < -0.3 is 10.6 Å². The lowest BCUT2D eigenvalue weighted by Gasteiger charge is -2.35. The van der Waals surface area contributed by atoms with Crippen LogP contribution in [0.15, 0.2) is 0 Å².